The van der Waals surface area contributed by atoms with Crippen molar-refractivity contribution in [1.82, 2.24) is 10.2 Å². The van der Waals surface area contributed by atoms with Crippen molar-refractivity contribution in [1.29, 1.82) is 0 Å². The molecule has 2 aliphatic rings. The molecule has 0 radical (unpaired) electrons. The maximum Gasteiger partial charge on any atom is 0.387 e. The number of hydrogen-bond acceptors (Lipinski definition) is 6. The largest absolute Gasteiger partial charge is 0.435 e. The van der Waals surface area contributed by atoms with E-state index in [9.17, 15) is 23.2 Å². The fourth-order valence-corrected chi connectivity index (χ4v) is 3.42. The van der Waals surface area contributed by atoms with Gasteiger partial charge < -0.3 is 14.8 Å². The summed E-state index contributed by atoms with van der Waals surface area (Å²) in [7, 11) is 0. The maximum absolute atomic E-state index is 12.4. The van der Waals surface area contributed by atoms with Crippen LogP contribution >= 0.6 is 11.8 Å². The molecule has 0 spiro atoms. The molecule has 3 rings (SSSR count). The summed E-state index contributed by atoms with van der Waals surface area (Å²) < 4.78 is 33.9. The average molecular weight is 426 g/mol. The van der Waals surface area contributed by atoms with Crippen molar-refractivity contribution in [3.63, 3.8) is 0 Å². The van der Waals surface area contributed by atoms with Gasteiger partial charge in [-0.15, -0.1) is 0 Å². The molecule has 1 aromatic carbocycles. The van der Waals surface area contributed by atoms with Gasteiger partial charge in [-0.05, 0) is 54.3 Å². The Balaban J connectivity index is 1.46. The van der Waals surface area contributed by atoms with Crippen LogP contribution in [0.15, 0.2) is 29.2 Å². The number of amides is 3. The van der Waals surface area contributed by atoms with Crippen LogP contribution in [0.2, 0.25) is 0 Å². The third-order valence-corrected chi connectivity index (χ3v) is 5.13. The third kappa shape index (κ3) is 6.53. The first-order chi connectivity index (χ1) is 13.9. The Bertz CT molecular complexity index is 796. The summed E-state index contributed by atoms with van der Waals surface area (Å²) in [5, 5.41) is 2.18. The highest BCUT2D eigenvalue weighted by Gasteiger charge is 2.34. The Morgan fingerprint density at radius 1 is 1.28 bits per heavy atom. The van der Waals surface area contributed by atoms with Crippen LogP contribution in [0.1, 0.15) is 18.4 Å². The SMILES string of the molecule is O=C(COCC1CC1)NCCN1C(=O)S/C(=C\c2ccc(OC(F)F)cc2)C1=O. The molecule has 1 saturated heterocycles. The Hall–Kier alpha value is -2.46. The van der Waals surface area contributed by atoms with Gasteiger partial charge in [0.15, 0.2) is 0 Å². The van der Waals surface area contributed by atoms with Crippen molar-refractivity contribution in [2.75, 3.05) is 26.3 Å². The van der Waals surface area contributed by atoms with Crippen molar-refractivity contribution in [2.45, 2.75) is 19.5 Å². The number of nitrogens with zero attached hydrogens (tertiary/aromatic N) is 1. The maximum atomic E-state index is 12.4. The lowest BCUT2D eigenvalue weighted by atomic mass is 10.2. The molecule has 156 valence electrons. The normalized spacial score (nSPS) is 18.0. The molecule has 1 heterocycles. The molecule has 1 aliphatic carbocycles. The van der Waals surface area contributed by atoms with Gasteiger partial charge >= 0.3 is 6.61 Å². The zero-order valence-electron chi connectivity index (χ0n) is 15.4. The third-order valence-electron chi connectivity index (χ3n) is 4.22. The van der Waals surface area contributed by atoms with Crippen LogP contribution in [0.25, 0.3) is 6.08 Å². The van der Waals surface area contributed by atoms with E-state index in [1.54, 1.807) is 0 Å². The van der Waals surface area contributed by atoms with Gasteiger partial charge in [0.1, 0.15) is 12.4 Å². The number of imide groups is 1. The number of thioether (sulfide) groups is 1. The molecule has 0 unspecified atom stereocenters. The smallest absolute Gasteiger partial charge is 0.387 e. The molecule has 0 aromatic heterocycles. The lowest BCUT2D eigenvalue weighted by Gasteiger charge is -2.13. The minimum atomic E-state index is -2.91. The van der Waals surface area contributed by atoms with Crippen molar-refractivity contribution >= 4 is 34.9 Å². The second-order valence-electron chi connectivity index (χ2n) is 6.59. The zero-order valence-corrected chi connectivity index (χ0v) is 16.3. The zero-order chi connectivity index (χ0) is 20.8. The van der Waals surface area contributed by atoms with Gasteiger partial charge in [0, 0.05) is 13.1 Å². The Morgan fingerprint density at radius 3 is 2.66 bits per heavy atom. The molecule has 1 aromatic rings. The summed E-state index contributed by atoms with van der Waals surface area (Å²) in [5.41, 5.74) is 0.568. The van der Waals surface area contributed by atoms with Gasteiger partial charge in [0.05, 0.1) is 11.5 Å². The van der Waals surface area contributed by atoms with E-state index >= 15 is 0 Å². The fraction of sp³-hybridized carbons (Fsp3) is 0.421. The molecule has 1 saturated carbocycles. The second kappa shape index (κ2) is 9.84. The average Bonchev–Trinajstić information content (AvgIpc) is 3.45. The summed E-state index contributed by atoms with van der Waals surface area (Å²) in [5.74, 6) is -0.188. The van der Waals surface area contributed by atoms with Crippen molar-refractivity contribution in [3.05, 3.63) is 34.7 Å². The number of benzene rings is 1. The summed E-state index contributed by atoms with van der Waals surface area (Å²) >= 11 is 0.784. The standard InChI is InChI=1S/C19H20F2N2O5S/c20-18(21)28-14-5-3-12(4-6-14)9-15-17(25)23(19(26)29-15)8-7-22-16(24)11-27-10-13-1-2-13/h3-6,9,13,18H,1-2,7-8,10-11H2,(H,22,24)/b15-9-. The molecule has 7 nitrogen and oxygen atoms in total. The first kappa shape index (κ1) is 21.3. The van der Waals surface area contributed by atoms with Gasteiger partial charge in [0.25, 0.3) is 11.1 Å². The quantitative estimate of drug-likeness (QED) is 0.579. The number of rotatable bonds is 10. The predicted octanol–water partition coefficient (Wildman–Crippen LogP) is 2.87. The number of alkyl halides is 2. The molecule has 0 atom stereocenters. The van der Waals surface area contributed by atoms with Crippen molar-refractivity contribution in [3.8, 4) is 5.75 Å². The second-order valence-corrected chi connectivity index (χ2v) is 7.58. The topological polar surface area (TPSA) is 84.9 Å². The summed E-state index contributed by atoms with van der Waals surface area (Å²) in [6.45, 7) is -2.18. The number of carbonyl (C=O) groups is 3. The van der Waals surface area contributed by atoms with Crippen LogP contribution in [-0.4, -0.2) is 54.9 Å². The highest BCUT2D eigenvalue weighted by atomic mass is 32.2. The highest BCUT2D eigenvalue weighted by molar-refractivity contribution is 8.18. The van der Waals surface area contributed by atoms with E-state index in [0.29, 0.717) is 18.1 Å². The number of ether oxygens (including phenoxy) is 2. The minimum absolute atomic E-state index is 0.00195. The molecule has 0 bridgehead atoms. The van der Waals surface area contributed by atoms with Gasteiger partial charge in [0.2, 0.25) is 5.91 Å². The van der Waals surface area contributed by atoms with E-state index in [4.69, 9.17) is 4.74 Å². The van der Waals surface area contributed by atoms with Gasteiger partial charge in [-0.2, -0.15) is 8.78 Å². The highest BCUT2D eigenvalue weighted by Crippen LogP contribution is 2.32. The minimum Gasteiger partial charge on any atom is -0.435 e. The number of carbonyl (C=O) groups excluding carboxylic acids is 3. The number of halogens is 2. The monoisotopic (exact) mass is 426 g/mol. The van der Waals surface area contributed by atoms with E-state index in [1.807, 2.05) is 0 Å². The van der Waals surface area contributed by atoms with E-state index in [0.717, 1.165) is 29.5 Å². The van der Waals surface area contributed by atoms with E-state index in [1.165, 1.54) is 30.3 Å². The number of nitrogens with one attached hydrogen (secondary N) is 1. The Kier molecular flexibility index (Phi) is 7.21. The molecule has 29 heavy (non-hydrogen) atoms. The molecule has 3 amide bonds. The van der Waals surface area contributed by atoms with Crippen LogP contribution in [-0.2, 0) is 14.3 Å². The van der Waals surface area contributed by atoms with Gasteiger partial charge in [-0.1, -0.05) is 12.1 Å². The Morgan fingerprint density at radius 2 is 2.00 bits per heavy atom. The van der Waals surface area contributed by atoms with Gasteiger partial charge in [-0.25, -0.2) is 0 Å². The predicted molar refractivity (Wildman–Crippen MR) is 102 cm³/mol. The lowest BCUT2D eigenvalue weighted by molar-refractivity contribution is -0.127. The molecule has 1 aliphatic heterocycles. The van der Waals surface area contributed by atoms with Crippen LogP contribution < -0.4 is 10.1 Å². The summed E-state index contributed by atoms with van der Waals surface area (Å²) in [4.78, 5) is 37.4. The van der Waals surface area contributed by atoms with Crippen LogP contribution in [0, 0.1) is 5.92 Å². The van der Waals surface area contributed by atoms with E-state index in [-0.39, 0.29) is 36.3 Å². The fourth-order valence-electron chi connectivity index (χ4n) is 2.55. The van der Waals surface area contributed by atoms with Crippen LogP contribution in [0.5, 0.6) is 5.75 Å². The van der Waals surface area contributed by atoms with Gasteiger partial charge in [-0.3, -0.25) is 19.3 Å². The van der Waals surface area contributed by atoms with Crippen LogP contribution in [0.3, 0.4) is 0 Å². The lowest BCUT2D eigenvalue weighted by Crippen LogP contribution is -2.38. The summed E-state index contributed by atoms with van der Waals surface area (Å²) in [6.07, 6.45) is 3.78. The molecular formula is C19H20F2N2O5S. The van der Waals surface area contributed by atoms with E-state index in [2.05, 4.69) is 10.1 Å². The molecular weight excluding hydrogens is 406 g/mol. The van der Waals surface area contributed by atoms with Crippen molar-refractivity contribution in [2.24, 2.45) is 5.92 Å². The molecule has 10 heteroatoms. The Labute approximate surface area is 170 Å². The van der Waals surface area contributed by atoms with Crippen LogP contribution in [0.4, 0.5) is 13.6 Å². The van der Waals surface area contributed by atoms with E-state index < -0.39 is 17.8 Å². The number of hydrogen-bond donors (Lipinski definition) is 1. The molecule has 2 fully saturated rings. The van der Waals surface area contributed by atoms with Crippen molar-refractivity contribution < 1.29 is 32.6 Å². The first-order valence-electron chi connectivity index (χ1n) is 9.07. The molecule has 1 N–H and O–H groups in total. The summed E-state index contributed by atoms with van der Waals surface area (Å²) in [6, 6.07) is 5.72. The first-order valence-corrected chi connectivity index (χ1v) is 9.88.